The lowest BCUT2D eigenvalue weighted by Crippen LogP contribution is -2.24. The van der Waals surface area contributed by atoms with Gasteiger partial charge in [-0.1, -0.05) is 25.1 Å². The average molecular weight is 273 g/mol. The third-order valence-corrected chi connectivity index (χ3v) is 4.61. The van der Waals surface area contributed by atoms with Gasteiger partial charge in [-0.15, -0.1) is 0 Å². The van der Waals surface area contributed by atoms with Crippen molar-refractivity contribution in [2.24, 2.45) is 5.92 Å². The molecule has 1 aromatic rings. The van der Waals surface area contributed by atoms with Crippen LogP contribution in [0.5, 0.6) is 0 Å². The summed E-state index contributed by atoms with van der Waals surface area (Å²) in [5.41, 5.74) is 2.42. The summed E-state index contributed by atoms with van der Waals surface area (Å²) in [7, 11) is 0. The number of esters is 1. The first-order chi connectivity index (χ1) is 9.72. The molecule has 0 radical (unpaired) electrons. The summed E-state index contributed by atoms with van der Waals surface area (Å²) in [4.78, 5) is 12.1. The van der Waals surface area contributed by atoms with Gasteiger partial charge in [0.15, 0.2) is 0 Å². The molecule has 3 rings (SSSR count). The van der Waals surface area contributed by atoms with Crippen molar-refractivity contribution in [3.63, 3.8) is 0 Å². The van der Waals surface area contributed by atoms with Gasteiger partial charge in [0.25, 0.3) is 0 Å². The first-order valence-electron chi connectivity index (χ1n) is 7.74. The molecular weight excluding hydrogens is 250 g/mol. The second-order valence-electron chi connectivity index (χ2n) is 6.24. The third-order valence-electron chi connectivity index (χ3n) is 4.61. The fourth-order valence-corrected chi connectivity index (χ4v) is 3.32. The smallest absolute Gasteiger partial charge is 0.306 e. The highest BCUT2D eigenvalue weighted by Crippen LogP contribution is 2.34. The first-order valence-corrected chi connectivity index (χ1v) is 7.74. The van der Waals surface area contributed by atoms with E-state index >= 15 is 0 Å². The Labute approximate surface area is 120 Å². The fraction of sp³-hybridized carbons (Fsp3) is 0.588. The lowest BCUT2D eigenvalue weighted by molar-refractivity contribution is -0.151. The number of para-hydroxylation sites is 1. The molecule has 0 spiro atoms. The number of rotatable bonds is 3. The molecule has 1 unspecified atom stereocenters. The summed E-state index contributed by atoms with van der Waals surface area (Å²) in [6, 6.07) is 8.24. The summed E-state index contributed by atoms with van der Waals surface area (Å²) in [6.07, 6.45) is 5.09. The molecule has 108 valence electrons. The molecule has 1 atom stereocenters. The van der Waals surface area contributed by atoms with Crippen LogP contribution in [0.4, 0.5) is 5.69 Å². The Hall–Kier alpha value is -1.51. The molecular formula is C17H23NO2. The molecule has 0 amide bonds. The van der Waals surface area contributed by atoms with E-state index in [2.05, 4.69) is 24.4 Å². The summed E-state index contributed by atoms with van der Waals surface area (Å²) in [5.74, 6) is 1.02. The van der Waals surface area contributed by atoms with Gasteiger partial charge in [0, 0.05) is 18.2 Å². The molecule has 1 fully saturated rings. The normalized spacial score (nSPS) is 28.6. The molecule has 1 aliphatic carbocycles. The maximum Gasteiger partial charge on any atom is 0.306 e. The third kappa shape index (κ3) is 2.97. The van der Waals surface area contributed by atoms with Crippen molar-refractivity contribution in [2.75, 3.05) is 11.9 Å². The predicted octanol–water partition coefficient (Wildman–Crippen LogP) is 3.71. The van der Waals surface area contributed by atoms with Crippen molar-refractivity contribution in [3.8, 4) is 0 Å². The molecule has 1 saturated carbocycles. The highest BCUT2D eigenvalue weighted by Gasteiger charge is 2.27. The standard InChI is InChI=1S/C17H23NO2/c1-12-6-8-14(9-7-12)20-17(19)10-13-11-18-16-5-3-2-4-15(13)16/h2-5,12-14,18H,6-11H2,1H3. The number of nitrogens with one attached hydrogen (secondary N) is 1. The van der Waals surface area contributed by atoms with E-state index in [1.807, 2.05) is 12.1 Å². The van der Waals surface area contributed by atoms with Gasteiger partial charge < -0.3 is 10.1 Å². The van der Waals surface area contributed by atoms with Crippen molar-refractivity contribution in [2.45, 2.75) is 51.0 Å². The van der Waals surface area contributed by atoms with Gasteiger partial charge in [0.1, 0.15) is 6.10 Å². The number of fused-ring (bicyclic) bond motifs is 1. The lowest BCUT2D eigenvalue weighted by Gasteiger charge is -2.26. The molecule has 20 heavy (non-hydrogen) atoms. The molecule has 1 aromatic carbocycles. The number of benzene rings is 1. The van der Waals surface area contributed by atoms with Crippen LogP contribution in [-0.2, 0) is 9.53 Å². The van der Waals surface area contributed by atoms with Gasteiger partial charge in [-0.2, -0.15) is 0 Å². The molecule has 0 aromatic heterocycles. The predicted molar refractivity (Wildman–Crippen MR) is 79.8 cm³/mol. The summed E-state index contributed by atoms with van der Waals surface area (Å²) in [6.45, 7) is 3.12. The van der Waals surface area contributed by atoms with Gasteiger partial charge in [-0.3, -0.25) is 4.79 Å². The topological polar surface area (TPSA) is 38.3 Å². The van der Waals surface area contributed by atoms with Crippen LogP contribution < -0.4 is 5.32 Å². The van der Waals surface area contributed by atoms with Gasteiger partial charge in [0.2, 0.25) is 0 Å². The molecule has 1 aliphatic heterocycles. The largest absolute Gasteiger partial charge is 0.462 e. The number of carbonyl (C=O) groups is 1. The number of hydrogen-bond donors (Lipinski definition) is 1. The van der Waals surface area contributed by atoms with Gasteiger partial charge >= 0.3 is 5.97 Å². The van der Waals surface area contributed by atoms with Crippen molar-refractivity contribution < 1.29 is 9.53 Å². The zero-order valence-corrected chi connectivity index (χ0v) is 12.1. The van der Waals surface area contributed by atoms with Crippen LogP contribution >= 0.6 is 0 Å². The Balaban J connectivity index is 1.53. The van der Waals surface area contributed by atoms with E-state index in [4.69, 9.17) is 4.74 Å². The van der Waals surface area contributed by atoms with Gasteiger partial charge in [0.05, 0.1) is 6.42 Å². The van der Waals surface area contributed by atoms with Crippen LogP contribution in [0.2, 0.25) is 0 Å². The van der Waals surface area contributed by atoms with Crippen LogP contribution in [0.15, 0.2) is 24.3 Å². The van der Waals surface area contributed by atoms with E-state index in [9.17, 15) is 4.79 Å². The van der Waals surface area contributed by atoms with E-state index in [0.717, 1.165) is 31.0 Å². The molecule has 1 N–H and O–H groups in total. The highest BCUT2D eigenvalue weighted by molar-refractivity contribution is 5.72. The van der Waals surface area contributed by atoms with E-state index in [0.29, 0.717) is 6.42 Å². The van der Waals surface area contributed by atoms with Crippen molar-refractivity contribution >= 4 is 11.7 Å². The maximum absolute atomic E-state index is 12.1. The van der Waals surface area contributed by atoms with Gasteiger partial charge in [-0.05, 0) is 43.2 Å². The molecule has 2 aliphatic rings. The average Bonchev–Trinajstić information content (AvgIpc) is 2.85. The Morgan fingerprint density at radius 2 is 2.00 bits per heavy atom. The molecule has 3 heteroatoms. The van der Waals surface area contributed by atoms with Crippen LogP contribution in [0.1, 0.15) is 50.5 Å². The zero-order valence-electron chi connectivity index (χ0n) is 12.1. The van der Waals surface area contributed by atoms with Crippen molar-refractivity contribution in [1.82, 2.24) is 0 Å². The van der Waals surface area contributed by atoms with Crippen LogP contribution in [-0.4, -0.2) is 18.6 Å². The van der Waals surface area contributed by atoms with E-state index in [1.54, 1.807) is 0 Å². The van der Waals surface area contributed by atoms with E-state index in [-0.39, 0.29) is 18.0 Å². The Morgan fingerprint density at radius 1 is 1.25 bits per heavy atom. The highest BCUT2D eigenvalue weighted by atomic mass is 16.5. The summed E-state index contributed by atoms with van der Waals surface area (Å²) >= 11 is 0. The minimum atomic E-state index is -0.0342. The quantitative estimate of drug-likeness (QED) is 0.853. The number of anilines is 1. The van der Waals surface area contributed by atoms with E-state index in [1.165, 1.54) is 18.4 Å². The zero-order chi connectivity index (χ0) is 13.9. The maximum atomic E-state index is 12.1. The number of carbonyl (C=O) groups excluding carboxylic acids is 1. The van der Waals surface area contributed by atoms with Crippen LogP contribution in [0.3, 0.4) is 0 Å². The molecule has 3 nitrogen and oxygen atoms in total. The number of ether oxygens (including phenoxy) is 1. The Bertz CT molecular complexity index is 478. The molecule has 0 bridgehead atoms. The SMILES string of the molecule is CC1CCC(OC(=O)CC2CNc3ccccc32)CC1. The summed E-state index contributed by atoms with van der Waals surface area (Å²) < 4.78 is 5.65. The first kappa shape index (κ1) is 13.5. The Morgan fingerprint density at radius 3 is 2.80 bits per heavy atom. The molecule has 1 heterocycles. The second kappa shape index (κ2) is 5.86. The monoisotopic (exact) mass is 273 g/mol. The number of hydrogen-bond acceptors (Lipinski definition) is 3. The summed E-state index contributed by atoms with van der Waals surface area (Å²) in [5, 5.41) is 3.36. The Kier molecular flexibility index (Phi) is 3.95. The van der Waals surface area contributed by atoms with Crippen LogP contribution in [0.25, 0.3) is 0 Å². The van der Waals surface area contributed by atoms with E-state index < -0.39 is 0 Å². The lowest BCUT2D eigenvalue weighted by atomic mass is 9.89. The van der Waals surface area contributed by atoms with Gasteiger partial charge in [-0.25, -0.2) is 0 Å². The second-order valence-corrected chi connectivity index (χ2v) is 6.24. The fourth-order valence-electron chi connectivity index (χ4n) is 3.32. The molecule has 0 saturated heterocycles. The van der Waals surface area contributed by atoms with Crippen molar-refractivity contribution in [3.05, 3.63) is 29.8 Å². The van der Waals surface area contributed by atoms with Crippen molar-refractivity contribution in [1.29, 1.82) is 0 Å². The minimum absolute atomic E-state index is 0.0342. The minimum Gasteiger partial charge on any atom is -0.462 e. The van der Waals surface area contributed by atoms with Crippen LogP contribution in [0, 0.1) is 5.92 Å².